The van der Waals surface area contributed by atoms with Crippen LogP contribution in [0.3, 0.4) is 0 Å². The highest BCUT2D eigenvalue weighted by atomic mass is 19.1. The molecule has 1 aliphatic heterocycles. The first-order valence-corrected chi connectivity index (χ1v) is 6.17. The van der Waals surface area contributed by atoms with Crippen molar-refractivity contribution in [1.29, 1.82) is 0 Å². The van der Waals surface area contributed by atoms with Gasteiger partial charge >= 0.3 is 7.12 Å². The van der Waals surface area contributed by atoms with Crippen LogP contribution >= 0.6 is 0 Å². The fraction of sp³-hybridized carbons (Fsp3) is 0.500. The molecule has 0 fully saturated rings. The normalized spacial score (nSPS) is 17.0. The first-order valence-electron chi connectivity index (χ1n) is 6.17. The van der Waals surface area contributed by atoms with Crippen LogP contribution in [-0.2, 0) is 4.65 Å². The van der Waals surface area contributed by atoms with Gasteiger partial charge in [-0.15, -0.1) is 0 Å². The summed E-state index contributed by atoms with van der Waals surface area (Å²) in [6.07, 6.45) is -0.398. The molecule has 0 saturated heterocycles. The van der Waals surface area contributed by atoms with E-state index in [1.165, 1.54) is 6.07 Å². The number of hydrogen-bond donors (Lipinski definition) is 2. The molecule has 3 N–H and O–H groups in total. The van der Waals surface area contributed by atoms with E-state index in [-0.39, 0.29) is 12.3 Å². The van der Waals surface area contributed by atoms with Gasteiger partial charge < -0.3 is 20.1 Å². The van der Waals surface area contributed by atoms with E-state index in [2.05, 4.69) is 0 Å². The largest absolute Gasteiger partial charge is 0.495 e. The Balaban J connectivity index is 0.000000771. The highest BCUT2D eigenvalue weighted by Gasteiger charge is 2.38. The zero-order chi connectivity index (χ0) is 13.7. The molecule has 1 aliphatic rings. The van der Waals surface area contributed by atoms with E-state index in [0.29, 0.717) is 17.6 Å². The van der Waals surface area contributed by atoms with Crippen molar-refractivity contribution in [2.24, 2.45) is 5.73 Å². The molecule has 0 spiro atoms. The number of hydrogen-bond acceptors (Lipinski definition) is 4. The van der Waals surface area contributed by atoms with Gasteiger partial charge in [0.25, 0.3) is 0 Å². The molecule has 0 saturated carbocycles. The SMILES string of the molecule is CC.CCOc1c(F)ccc2c1B(O)OC2CN. The molecule has 2 rings (SSSR count). The fourth-order valence-corrected chi connectivity index (χ4v) is 1.89. The molecule has 0 radical (unpaired) electrons. The van der Waals surface area contributed by atoms with Crippen LogP contribution in [0.25, 0.3) is 0 Å². The lowest BCUT2D eigenvalue weighted by Crippen LogP contribution is -2.30. The second-order valence-electron chi connectivity index (χ2n) is 3.53. The summed E-state index contributed by atoms with van der Waals surface area (Å²) in [6.45, 7) is 6.32. The van der Waals surface area contributed by atoms with Crippen molar-refractivity contribution in [3.63, 3.8) is 0 Å². The van der Waals surface area contributed by atoms with Gasteiger partial charge in [0.2, 0.25) is 0 Å². The van der Waals surface area contributed by atoms with Crippen LogP contribution in [-0.4, -0.2) is 25.3 Å². The smallest absolute Gasteiger partial charge is 0.491 e. The van der Waals surface area contributed by atoms with Crippen molar-refractivity contribution in [2.45, 2.75) is 26.9 Å². The van der Waals surface area contributed by atoms with Gasteiger partial charge in [-0.3, -0.25) is 0 Å². The van der Waals surface area contributed by atoms with Crippen LogP contribution in [0, 0.1) is 5.82 Å². The summed E-state index contributed by atoms with van der Waals surface area (Å²) >= 11 is 0. The number of halogens is 1. The molecule has 0 aliphatic carbocycles. The van der Waals surface area contributed by atoms with Crippen LogP contribution in [0.15, 0.2) is 12.1 Å². The monoisotopic (exact) mass is 255 g/mol. The molecule has 6 heteroatoms. The molecule has 1 atom stereocenters. The molecule has 0 bridgehead atoms. The summed E-state index contributed by atoms with van der Waals surface area (Å²) in [5.41, 5.74) is 6.56. The molecular weight excluding hydrogens is 236 g/mol. The van der Waals surface area contributed by atoms with Crippen LogP contribution in [0.5, 0.6) is 5.75 Å². The predicted octanol–water partition coefficient (Wildman–Crippen LogP) is 0.968. The standard InChI is InChI=1S/C10H13BFNO3.C2H6/c1-2-15-10-7(12)4-3-6-8(5-13)16-11(14)9(6)10;1-2/h3-4,8,14H,2,5,13H2,1H3;1-2H3. The maximum atomic E-state index is 13.5. The molecule has 0 aromatic heterocycles. The maximum Gasteiger partial charge on any atom is 0.495 e. The van der Waals surface area contributed by atoms with Gasteiger partial charge in [-0.2, -0.15) is 0 Å². The summed E-state index contributed by atoms with van der Waals surface area (Å²) in [7, 11) is -1.17. The van der Waals surface area contributed by atoms with Gasteiger partial charge in [0.1, 0.15) is 0 Å². The van der Waals surface area contributed by atoms with Crippen LogP contribution < -0.4 is 15.9 Å². The van der Waals surface area contributed by atoms with Gasteiger partial charge in [0.15, 0.2) is 11.6 Å². The van der Waals surface area contributed by atoms with Gasteiger partial charge in [-0.05, 0) is 18.6 Å². The second-order valence-corrected chi connectivity index (χ2v) is 3.53. The summed E-state index contributed by atoms with van der Waals surface area (Å²) in [4.78, 5) is 0. The number of benzene rings is 1. The molecule has 1 unspecified atom stereocenters. The predicted molar refractivity (Wildman–Crippen MR) is 69.4 cm³/mol. The lowest BCUT2D eigenvalue weighted by atomic mass is 9.78. The minimum Gasteiger partial charge on any atom is -0.491 e. The zero-order valence-corrected chi connectivity index (χ0v) is 10.9. The van der Waals surface area contributed by atoms with Gasteiger partial charge in [0.05, 0.1) is 12.7 Å². The molecule has 1 aromatic carbocycles. The molecule has 1 aromatic rings. The van der Waals surface area contributed by atoms with Gasteiger partial charge in [-0.1, -0.05) is 19.9 Å². The Bertz CT molecular complexity index is 403. The van der Waals surface area contributed by atoms with Crippen LogP contribution in [0.1, 0.15) is 32.4 Å². The average molecular weight is 255 g/mol. The Morgan fingerprint density at radius 3 is 2.72 bits per heavy atom. The Kier molecular flexibility index (Phi) is 5.59. The molecule has 1 heterocycles. The average Bonchev–Trinajstić information content (AvgIpc) is 2.72. The Hall–Kier alpha value is -1.11. The van der Waals surface area contributed by atoms with E-state index in [9.17, 15) is 9.41 Å². The Morgan fingerprint density at radius 2 is 2.17 bits per heavy atom. The zero-order valence-electron chi connectivity index (χ0n) is 10.9. The minimum atomic E-state index is -1.17. The molecular formula is C12H19BFNO3. The van der Waals surface area contributed by atoms with Crippen molar-refractivity contribution >= 4 is 12.6 Å². The summed E-state index contributed by atoms with van der Waals surface area (Å²) in [6, 6.07) is 2.87. The van der Waals surface area contributed by atoms with Gasteiger partial charge in [-0.25, -0.2) is 4.39 Å². The number of fused-ring (bicyclic) bond motifs is 1. The first-order chi connectivity index (χ1) is 8.69. The minimum absolute atomic E-state index is 0.0588. The topological polar surface area (TPSA) is 64.7 Å². The number of ether oxygens (including phenoxy) is 1. The third-order valence-electron chi connectivity index (χ3n) is 2.57. The van der Waals surface area contributed by atoms with Crippen molar-refractivity contribution in [2.75, 3.05) is 13.2 Å². The van der Waals surface area contributed by atoms with Gasteiger partial charge in [0, 0.05) is 12.0 Å². The van der Waals surface area contributed by atoms with E-state index < -0.39 is 19.0 Å². The third kappa shape index (κ3) is 2.66. The third-order valence-corrected chi connectivity index (χ3v) is 2.57. The molecule has 100 valence electrons. The van der Waals surface area contributed by atoms with E-state index in [0.717, 1.165) is 0 Å². The van der Waals surface area contributed by atoms with E-state index in [1.807, 2.05) is 13.8 Å². The number of nitrogens with two attached hydrogens (primary N) is 1. The fourth-order valence-electron chi connectivity index (χ4n) is 1.89. The van der Waals surface area contributed by atoms with Crippen LogP contribution in [0.2, 0.25) is 0 Å². The highest BCUT2D eigenvalue weighted by Crippen LogP contribution is 2.28. The Labute approximate surface area is 107 Å². The highest BCUT2D eigenvalue weighted by molar-refractivity contribution is 6.62. The summed E-state index contributed by atoms with van der Waals surface area (Å²) in [5.74, 6) is -0.440. The van der Waals surface area contributed by atoms with Crippen LogP contribution in [0.4, 0.5) is 4.39 Å². The Morgan fingerprint density at radius 1 is 1.50 bits per heavy atom. The van der Waals surface area contributed by atoms with Crippen molar-refractivity contribution in [1.82, 2.24) is 0 Å². The second kappa shape index (κ2) is 6.73. The molecule has 18 heavy (non-hydrogen) atoms. The quantitative estimate of drug-likeness (QED) is 0.790. The first kappa shape index (κ1) is 15.0. The number of rotatable bonds is 3. The summed E-state index contributed by atoms with van der Waals surface area (Å²) < 4.78 is 23.9. The van der Waals surface area contributed by atoms with Crippen molar-refractivity contribution < 1.29 is 18.8 Å². The molecule has 0 amide bonds. The van der Waals surface area contributed by atoms with E-state index >= 15 is 0 Å². The van der Waals surface area contributed by atoms with Crippen molar-refractivity contribution in [3.05, 3.63) is 23.5 Å². The van der Waals surface area contributed by atoms with E-state index in [4.69, 9.17) is 15.1 Å². The lowest BCUT2D eigenvalue weighted by Gasteiger charge is -2.11. The lowest BCUT2D eigenvalue weighted by molar-refractivity contribution is 0.198. The van der Waals surface area contributed by atoms with E-state index in [1.54, 1.807) is 13.0 Å². The van der Waals surface area contributed by atoms with Crippen molar-refractivity contribution in [3.8, 4) is 5.75 Å². The summed E-state index contributed by atoms with van der Waals surface area (Å²) in [5, 5.41) is 9.69. The molecule has 4 nitrogen and oxygen atoms in total. The maximum absolute atomic E-state index is 13.5.